The van der Waals surface area contributed by atoms with Crippen molar-refractivity contribution in [3.63, 3.8) is 0 Å². The van der Waals surface area contributed by atoms with Crippen molar-refractivity contribution < 1.29 is 14.3 Å². The van der Waals surface area contributed by atoms with E-state index in [4.69, 9.17) is 9.47 Å². The standard InChI is InChI=1S/C25H19BrN2O3/c26-17-5-3-4-16(12-17)25(29)28-11-10-19-18-6-1-2-7-20(18)27-23(19)24(28)15-8-9-21-22(13-15)31-14-30-21/h1-9,12-13,24,27H,10-11,14H2. The molecule has 0 radical (unpaired) electrons. The molecule has 0 aliphatic carbocycles. The molecule has 3 heterocycles. The lowest BCUT2D eigenvalue weighted by molar-refractivity contribution is 0.0691. The largest absolute Gasteiger partial charge is 0.454 e. The highest BCUT2D eigenvalue weighted by Crippen LogP contribution is 2.42. The Labute approximate surface area is 187 Å². The van der Waals surface area contributed by atoms with Crippen LogP contribution in [0.25, 0.3) is 10.9 Å². The number of benzene rings is 3. The van der Waals surface area contributed by atoms with Gasteiger partial charge in [0.1, 0.15) is 0 Å². The van der Waals surface area contributed by atoms with Gasteiger partial charge in [-0.3, -0.25) is 4.79 Å². The highest BCUT2D eigenvalue weighted by molar-refractivity contribution is 9.10. The molecule has 0 fully saturated rings. The lowest BCUT2D eigenvalue weighted by Crippen LogP contribution is -2.40. The lowest BCUT2D eigenvalue weighted by Gasteiger charge is -2.36. The summed E-state index contributed by atoms with van der Waals surface area (Å²) in [6.45, 7) is 0.862. The van der Waals surface area contributed by atoms with E-state index in [2.05, 4.69) is 39.1 Å². The third kappa shape index (κ3) is 3.01. The van der Waals surface area contributed by atoms with Crippen LogP contribution in [0.2, 0.25) is 0 Å². The number of hydrogen-bond acceptors (Lipinski definition) is 3. The predicted octanol–water partition coefficient (Wildman–Crippen LogP) is 5.45. The number of H-pyrrole nitrogens is 1. The second-order valence-corrected chi connectivity index (χ2v) is 8.75. The van der Waals surface area contributed by atoms with Crippen LogP contribution in [0.15, 0.2) is 71.2 Å². The first-order chi connectivity index (χ1) is 15.2. The quantitative estimate of drug-likeness (QED) is 0.420. The van der Waals surface area contributed by atoms with E-state index in [9.17, 15) is 4.79 Å². The molecule has 3 aromatic carbocycles. The molecule has 154 valence electrons. The number of fused-ring (bicyclic) bond motifs is 4. The normalized spacial score (nSPS) is 17.1. The Balaban J connectivity index is 1.52. The molecular formula is C25H19BrN2O3. The smallest absolute Gasteiger partial charge is 0.254 e. The van der Waals surface area contributed by atoms with Crippen molar-refractivity contribution in [3.05, 3.63) is 93.6 Å². The monoisotopic (exact) mass is 474 g/mol. The zero-order valence-electron chi connectivity index (χ0n) is 16.6. The lowest BCUT2D eigenvalue weighted by atomic mass is 9.91. The van der Waals surface area contributed by atoms with Crippen LogP contribution in [0, 0.1) is 0 Å². The Bertz CT molecular complexity index is 1330. The van der Waals surface area contributed by atoms with Crippen LogP contribution in [0.3, 0.4) is 0 Å². The molecule has 2 aliphatic rings. The van der Waals surface area contributed by atoms with E-state index >= 15 is 0 Å². The number of halogens is 1. The topological polar surface area (TPSA) is 54.6 Å². The van der Waals surface area contributed by atoms with E-state index in [1.165, 1.54) is 10.9 Å². The number of nitrogens with zero attached hydrogens (tertiary/aromatic N) is 1. The third-order valence-electron chi connectivity index (χ3n) is 6.08. The Kier molecular flexibility index (Phi) is 4.28. The van der Waals surface area contributed by atoms with E-state index in [1.807, 2.05) is 53.4 Å². The zero-order valence-corrected chi connectivity index (χ0v) is 18.2. The van der Waals surface area contributed by atoms with E-state index in [0.29, 0.717) is 12.1 Å². The first-order valence-electron chi connectivity index (χ1n) is 10.2. The van der Waals surface area contributed by atoms with Crippen molar-refractivity contribution in [2.75, 3.05) is 13.3 Å². The molecule has 6 rings (SSSR count). The number of rotatable bonds is 2. The maximum Gasteiger partial charge on any atom is 0.254 e. The molecule has 2 aliphatic heterocycles. The summed E-state index contributed by atoms with van der Waals surface area (Å²) in [5.74, 6) is 1.46. The molecule has 1 unspecified atom stereocenters. The first-order valence-corrected chi connectivity index (χ1v) is 11.0. The summed E-state index contributed by atoms with van der Waals surface area (Å²) in [5, 5.41) is 1.22. The number of carbonyl (C=O) groups excluding carboxylic acids is 1. The van der Waals surface area contributed by atoms with Crippen molar-refractivity contribution in [2.45, 2.75) is 12.5 Å². The van der Waals surface area contributed by atoms with Crippen molar-refractivity contribution in [1.29, 1.82) is 0 Å². The maximum absolute atomic E-state index is 13.6. The predicted molar refractivity (Wildman–Crippen MR) is 122 cm³/mol. The summed E-state index contributed by atoms with van der Waals surface area (Å²) in [7, 11) is 0. The average molecular weight is 475 g/mol. The SMILES string of the molecule is O=C(c1cccc(Br)c1)N1CCc2c([nH]c3ccccc23)C1c1ccc2c(c1)OCO2. The van der Waals surface area contributed by atoms with Gasteiger partial charge < -0.3 is 19.4 Å². The second-order valence-electron chi connectivity index (χ2n) is 7.84. The minimum Gasteiger partial charge on any atom is -0.454 e. The van der Waals surface area contributed by atoms with Gasteiger partial charge in [0, 0.05) is 33.2 Å². The number of nitrogens with one attached hydrogen (secondary N) is 1. The minimum atomic E-state index is -0.239. The van der Waals surface area contributed by atoms with Crippen LogP contribution >= 0.6 is 15.9 Å². The number of aromatic nitrogens is 1. The van der Waals surface area contributed by atoms with Gasteiger partial charge in [0.25, 0.3) is 5.91 Å². The van der Waals surface area contributed by atoms with Crippen molar-refractivity contribution >= 4 is 32.7 Å². The van der Waals surface area contributed by atoms with Gasteiger partial charge in [0.05, 0.1) is 6.04 Å². The van der Waals surface area contributed by atoms with Crippen molar-refractivity contribution in [3.8, 4) is 11.5 Å². The van der Waals surface area contributed by atoms with E-state index in [-0.39, 0.29) is 18.7 Å². The molecule has 1 N–H and O–H groups in total. The van der Waals surface area contributed by atoms with Crippen molar-refractivity contribution in [1.82, 2.24) is 9.88 Å². The number of para-hydroxylation sites is 1. The van der Waals surface area contributed by atoms with Crippen LogP contribution < -0.4 is 9.47 Å². The summed E-state index contributed by atoms with van der Waals surface area (Å²) in [6.07, 6.45) is 0.806. The van der Waals surface area contributed by atoms with Crippen LogP contribution in [0.1, 0.15) is 33.2 Å². The van der Waals surface area contributed by atoms with Crippen molar-refractivity contribution in [2.24, 2.45) is 0 Å². The zero-order chi connectivity index (χ0) is 20.9. The molecular weight excluding hydrogens is 456 g/mol. The van der Waals surface area contributed by atoms with E-state index < -0.39 is 0 Å². The Morgan fingerprint density at radius 3 is 2.77 bits per heavy atom. The highest BCUT2D eigenvalue weighted by atomic mass is 79.9. The fraction of sp³-hybridized carbons (Fsp3) is 0.160. The molecule has 1 aromatic heterocycles. The Hall–Kier alpha value is -3.25. The first kappa shape index (κ1) is 18.5. The molecule has 1 atom stereocenters. The minimum absolute atomic E-state index is 0.00766. The summed E-state index contributed by atoms with van der Waals surface area (Å²) in [5.41, 5.74) is 5.10. The third-order valence-corrected chi connectivity index (χ3v) is 6.57. The van der Waals surface area contributed by atoms with Crippen LogP contribution in [0.4, 0.5) is 0 Å². The summed E-state index contributed by atoms with van der Waals surface area (Å²) < 4.78 is 12.0. The van der Waals surface area contributed by atoms with Gasteiger partial charge in [-0.15, -0.1) is 0 Å². The molecule has 31 heavy (non-hydrogen) atoms. The van der Waals surface area contributed by atoms with E-state index in [0.717, 1.165) is 39.2 Å². The number of ether oxygens (including phenoxy) is 2. The Morgan fingerprint density at radius 1 is 1.00 bits per heavy atom. The molecule has 5 nitrogen and oxygen atoms in total. The Morgan fingerprint density at radius 2 is 1.87 bits per heavy atom. The van der Waals surface area contributed by atoms with Gasteiger partial charge in [-0.25, -0.2) is 0 Å². The van der Waals surface area contributed by atoms with Gasteiger partial charge in [-0.2, -0.15) is 0 Å². The maximum atomic E-state index is 13.6. The molecule has 0 spiro atoms. The van der Waals surface area contributed by atoms with Gasteiger partial charge in [0.2, 0.25) is 6.79 Å². The molecule has 0 saturated heterocycles. The van der Waals surface area contributed by atoms with Crippen LogP contribution in [-0.2, 0) is 6.42 Å². The molecule has 6 heteroatoms. The fourth-order valence-corrected chi connectivity index (χ4v) is 5.08. The van der Waals surface area contributed by atoms with Gasteiger partial charge in [-0.05, 0) is 53.9 Å². The molecule has 4 aromatic rings. The van der Waals surface area contributed by atoms with Gasteiger partial charge in [0.15, 0.2) is 11.5 Å². The average Bonchev–Trinajstić information content (AvgIpc) is 3.41. The number of hydrogen-bond donors (Lipinski definition) is 1. The number of amides is 1. The summed E-state index contributed by atoms with van der Waals surface area (Å²) in [4.78, 5) is 19.2. The highest BCUT2D eigenvalue weighted by Gasteiger charge is 2.35. The van der Waals surface area contributed by atoms with Gasteiger partial charge >= 0.3 is 0 Å². The fourth-order valence-electron chi connectivity index (χ4n) is 4.68. The molecule has 0 bridgehead atoms. The molecule has 1 amide bonds. The summed E-state index contributed by atoms with van der Waals surface area (Å²) in [6, 6.07) is 21.6. The van der Waals surface area contributed by atoms with Crippen LogP contribution in [0.5, 0.6) is 11.5 Å². The molecule has 0 saturated carbocycles. The van der Waals surface area contributed by atoms with Crippen LogP contribution in [-0.4, -0.2) is 29.1 Å². The summed E-state index contributed by atoms with van der Waals surface area (Å²) >= 11 is 3.49. The van der Waals surface area contributed by atoms with E-state index in [1.54, 1.807) is 0 Å². The number of carbonyl (C=O) groups is 1. The second kappa shape index (κ2) is 7.17. The number of aromatic amines is 1. The van der Waals surface area contributed by atoms with Gasteiger partial charge in [-0.1, -0.05) is 46.3 Å².